The minimum atomic E-state index is -2.17. The van der Waals surface area contributed by atoms with E-state index < -0.39 is 7.51 Å². The van der Waals surface area contributed by atoms with E-state index in [0.29, 0.717) is 10.7 Å². The summed E-state index contributed by atoms with van der Waals surface area (Å²) in [6, 6.07) is 4.89. The zero-order chi connectivity index (χ0) is 18.9. The molecule has 0 amide bonds. The number of nitro benzene ring substituents is 1. The van der Waals surface area contributed by atoms with Crippen LogP contribution in [0.25, 0.3) is 0 Å². The van der Waals surface area contributed by atoms with Gasteiger partial charge in [0.1, 0.15) is 5.69 Å². The standard InChI is InChI=1S/C18H27ClN5O2P/c19-16-7-8-17(18(15-16)24(25)26)20-27(21-9-1-2-10-21,22-11-3-4-12-22)23-13-5-6-14-23/h7-8,15H,1-6,9-14H2. The average molecular weight is 412 g/mol. The second-order valence-corrected chi connectivity index (χ2v) is 10.9. The van der Waals surface area contributed by atoms with Crippen LogP contribution in [0.15, 0.2) is 22.9 Å². The van der Waals surface area contributed by atoms with E-state index in [4.69, 9.17) is 16.3 Å². The third-order valence-corrected chi connectivity index (χ3v) is 9.96. The summed E-state index contributed by atoms with van der Waals surface area (Å²) in [6.45, 7) is 6.20. The van der Waals surface area contributed by atoms with E-state index in [1.807, 2.05) is 0 Å². The Morgan fingerprint density at radius 2 is 1.33 bits per heavy atom. The van der Waals surface area contributed by atoms with Crippen molar-refractivity contribution in [3.63, 3.8) is 0 Å². The van der Waals surface area contributed by atoms with E-state index in [1.165, 1.54) is 44.6 Å². The summed E-state index contributed by atoms with van der Waals surface area (Å²) in [6.07, 6.45) is 7.09. The van der Waals surface area contributed by atoms with E-state index in [0.717, 1.165) is 39.3 Å². The maximum Gasteiger partial charge on any atom is 0.296 e. The van der Waals surface area contributed by atoms with Crippen LogP contribution in [0.3, 0.4) is 0 Å². The number of halogens is 1. The van der Waals surface area contributed by atoms with Gasteiger partial charge in [-0.25, -0.2) is 18.8 Å². The van der Waals surface area contributed by atoms with E-state index in [1.54, 1.807) is 12.1 Å². The molecule has 0 bridgehead atoms. The van der Waals surface area contributed by atoms with Crippen LogP contribution < -0.4 is 0 Å². The molecule has 4 rings (SSSR count). The molecule has 148 valence electrons. The Hall–Kier alpha value is -0.980. The minimum absolute atomic E-state index is 0.0180. The molecule has 1 aromatic carbocycles. The number of nitrogens with zero attached hydrogens (tertiary/aromatic N) is 5. The lowest BCUT2D eigenvalue weighted by Gasteiger charge is -2.45. The zero-order valence-electron chi connectivity index (χ0n) is 15.6. The van der Waals surface area contributed by atoms with Gasteiger partial charge in [-0.05, 0) is 50.7 Å². The van der Waals surface area contributed by atoms with Crippen LogP contribution in [0.4, 0.5) is 11.4 Å². The van der Waals surface area contributed by atoms with Gasteiger partial charge in [0.05, 0.1) is 4.92 Å². The van der Waals surface area contributed by atoms with Gasteiger partial charge < -0.3 is 0 Å². The van der Waals surface area contributed by atoms with Gasteiger partial charge in [-0.1, -0.05) is 11.6 Å². The lowest BCUT2D eigenvalue weighted by molar-refractivity contribution is -0.384. The Kier molecular flexibility index (Phi) is 5.86. The van der Waals surface area contributed by atoms with Gasteiger partial charge in [0, 0.05) is 50.4 Å². The molecule has 0 aromatic heterocycles. The third-order valence-electron chi connectivity index (χ3n) is 5.76. The number of nitro groups is 1. The first-order chi connectivity index (χ1) is 13.1. The monoisotopic (exact) mass is 411 g/mol. The van der Waals surface area contributed by atoms with Crippen molar-refractivity contribution >= 4 is 30.5 Å². The van der Waals surface area contributed by atoms with Gasteiger partial charge in [-0.2, -0.15) is 0 Å². The van der Waals surface area contributed by atoms with E-state index in [2.05, 4.69) is 14.0 Å². The molecular formula is C18H27ClN5O2P. The Labute approximate surface area is 165 Å². The highest BCUT2D eigenvalue weighted by atomic mass is 35.5. The Morgan fingerprint density at radius 1 is 0.889 bits per heavy atom. The number of benzene rings is 1. The van der Waals surface area contributed by atoms with Crippen LogP contribution in [-0.2, 0) is 0 Å². The number of rotatable bonds is 5. The Bertz CT molecular complexity index is 709. The molecule has 0 unspecified atom stereocenters. The van der Waals surface area contributed by atoms with Gasteiger partial charge in [0.2, 0.25) is 0 Å². The van der Waals surface area contributed by atoms with Gasteiger partial charge in [0.15, 0.2) is 7.51 Å². The quantitative estimate of drug-likeness (QED) is 0.382. The van der Waals surface area contributed by atoms with Crippen LogP contribution in [-0.4, -0.2) is 58.2 Å². The minimum Gasteiger partial charge on any atom is -0.258 e. The largest absolute Gasteiger partial charge is 0.296 e. The normalized spacial score (nSPS) is 22.6. The van der Waals surface area contributed by atoms with Crippen molar-refractivity contribution in [2.75, 3.05) is 39.3 Å². The molecule has 3 saturated heterocycles. The SMILES string of the molecule is O=[N+]([O-])c1cc(Cl)ccc1N=P(N1CCCC1)(N1CCCC1)N1CCCC1. The average Bonchev–Trinajstić information content (AvgIpc) is 3.44. The molecule has 0 saturated carbocycles. The fourth-order valence-corrected chi connectivity index (χ4v) is 9.04. The molecule has 0 atom stereocenters. The first-order valence-corrected chi connectivity index (χ1v) is 11.9. The summed E-state index contributed by atoms with van der Waals surface area (Å²) in [7, 11) is -2.17. The van der Waals surface area contributed by atoms with Crippen molar-refractivity contribution in [3.8, 4) is 0 Å². The molecule has 3 fully saturated rings. The zero-order valence-corrected chi connectivity index (χ0v) is 17.2. The van der Waals surface area contributed by atoms with Crippen molar-refractivity contribution in [1.82, 2.24) is 14.0 Å². The molecule has 0 aliphatic carbocycles. The summed E-state index contributed by atoms with van der Waals surface area (Å²) < 4.78 is 13.0. The van der Waals surface area contributed by atoms with E-state index in [-0.39, 0.29) is 10.6 Å². The second kappa shape index (κ2) is 8.18. The Balaban J connectivity index is 1.91. The third kappa shape index (κ3) is 3.68. The van der Waals surface area contributed by atoms with Crippen molar-refractivity contribution in [2.24, 2.45) is 4.74 Å². The summed E-state index contributed by atoms with van der Waals surface area (Å²) in [4.78, 5) is 11.3. The highest BCUT2D eigenvalue weighted by Gasteiger charge is 2.43. The maximum atomic E-state index is 11.7. The molecule has 0 N–H and O–H groups in total. The number of hydrogen-bond acceptors (Lipinski definition) is 3. The smallest absolute Gasteiger partial charge is 0.258 e. The molecule has 1 aromatic rings. The van der Waals surface area contributed by atoms with Crippen molar-refractivity contribution in [3.05, 3.63) is 33.3 Å². The van der Waals surface area contributed by atoms with Crippen molar-refractivity contribution in [1.29, 1.82) is 0 Å². The number of hydrogen-bond donors (Lipinski definition) is 0. The summed E-state index contributed by atoms with van der Waals surface area (Å²) >= 11 is 6.05. The summed E-state index contributed by atoms with van der Waals surface area (Å²) in [5.41, 5.74) is 0.493. The summed E-state index contributed by atoms with van der Waals surface area (Å²) in [5, 5.41) is 12.1. The van der Waals surface area contributed by atoms with E-state index >= 15 is 0 Å². The van der Waals surface area contributed by atoms with Crippen LogP contribution in [0.1, 0.15) is 38.5 Å². The topological polar surface area (TPSA) is 65.2 Å². The van der Waals surface area contributed by atoms with Gasteiger partial charge in [-0.3, -0.25) is 10.1 Å². The molecular weight excluding hydrogens is 385 g/mol. The molecule has 0 spiro atoms. The molecule has 3 aliphatic heterocycles. The van der Waals surface area contributed by atoms with Crippen molar-refractivity contribution in [2.45, 2.75) is 38.5 Å². The molecule has 9 heteroatoms. The van der Waals surface area contributed by atoms with Crippen LogP contribution in [0, 0.1) is 10.1 Å². The Morgan fingerprint density at radius 3 is 1.74 bits per heavy atom. The fraction of sp³-hybridized carbons (Fsp3) is 0.667. The van der Waals surface area contributed by atoms with Gasteiger partial charge >= 0.3 is 0 Å². The predicted octanol–water partition coefficient (Wildman–Crippen LogP) is 5.11. The lowest BCUT2D eigenvalue weighted by Crippen LogP contribution is -2.38. The first kappa shape index (κ1) is 19.3. The van der Waals surface area contributed by atoms with Gasteiger partial charge in [0.25, 0.3) is 5.69 Å². The molecule has 7 nitrogen and oxygen atoms in total. The molecule has 3 aliphatic rings. The van der Waals surface area contributed by atoms with E-state index in [9.17, 15) is 10.1 Å². The first-order valence-electron chi connectivity index (χ1n) is 9.94. The summed E-state index contributed by atoms with van der Waals surface area (Å²) in [5.74, 6) is 0. The lowest BCUT2D eigenvalue weighted by atomic mass is 10.3. The predicted molar refractivity (Wildman–Crippen MR) is 110 cm³/mol. The highest BCUT2D eigenvalue weighted by Crippen LogP contribution is 2.64. The fourth-order valence-electron chi connectivity index (χ4n) is 4.50. The molecule has 3 heterocycles. The molecule has 27 heavy (non-hydrogen) atoms. The highest BCUT2D eigenvalue weighted by molar-refractivity contribution is 7.59. The maximum absolute atomic E-state index is 11.7. The molecule has 0 radical (unpaired) electrons. The van der Waals surface area contributed by atoms with Crippen LogP contribution in [0.5, 0.6) is 0 Å². The van der Waals surface area contributed by atoms with Crippen molar-refractivity contribution < 1.29 is 4.92 Å². The van der Waals surface area contributed by atoms with Crippen LogP contribution >= 0.6 is 19.1 Å². The van der Waals surface area contributed by atoms with Crippen LogP contribution in [0.2, 0.25) is 5.02 Å². The second-order valence-electron chi connectivity index (χ2n) is 7.51. The van der Waals surface area contributed by atoms with Gasteiger partial charge in [-0.15, -0.1) is 0 Å².